The minimum atomic E-state index is -0.0757. The lowest BCUT2D eigenvalue weighted by molar-refractivity contribution is 0.0951. The molecule has 4 rings (SSSR count). The summed E-state index contributed by atoms with van der Waals surface area (Å²) in [7, 11) is 0. The van der Waals surface area contributed by atoms with Gasteiger partial charge >= 0.3 is 0 Å². The lowest BCUT2D eigenvalue weighted by Crippen LogP contribution is -2.23. The van der Waals surface area contributed by atoms with Crippen LogP contribution < -0.4 is 5.32 Å². The van der Waals surface area contributed by atoms with Crippen LogP contribution in [0, 0.1) is 13.8 Å². The zero-order valence-electron chi connectivity index (χ0n) is 16.1. The number of fused-ring (bicyclic) bond motifs is 1. The number of carbonyl (C=O) groups is 1. The van der Waals surface area contributed by atoms with Crippen molar-refractivity contribution in [3.05, 3.63) is 101 Å². The van der Waals surface area contributed by atoms with Crippen molar-refractivity contribution in [3.63, 3.8) is 0 Å². The SMILES string of the molecule is Cc1ccc(Cn2ncc3ccc(C(=O)NCc4ccccc4C)cc32)cc1. The van der Waals surface area contributed by atoms with Crippen molar-refractivity contribution < 1.29 is 4.79 Å². The topological polar surface area (TPSA) is 46.9 Å². The fraction of sp³-hybridized carbons (Fsp3) is 0.167. The van der Waals surface area contributed by atoms with Gasteiger partial charge in [-0.25, -0.2) is 0 Å². The maximum absolute atomic E-state index is 12.7. The first kappa shape index (κ1) is 18.0. The second-order valence-corrected chi connectivity index (χ2v) is 7.17. The van der Waals surface area contributed by atoms with Crippen LogP contribution in [-0.2, 0) is 13.1 Å². The van der Waals surface area contributed by atoms with Gasteiger partial charge in [-0.1, -0.05) is 60.2 Å². The van der Waals surface area contributed by atoms with E-state index in [1.165, 1.54) is 16.7 Å². The number of benzene rings is 3. The van der Waals surface area contributed by atoms with Crippen LogP contribution in [0.4, 0.5) is 0 Å². The van der Waals surface area contributed by atoms with E-state index in [1.54, 1.807) is 0 Å². The lowest BCUT2D eigenvalue weighted by atomic mass is 10.1. The van der Waals surface area contributed by atoms with Crippen LogP contribution >= 0.6 is 0 Å². The minimum absolute atomic E-state index is 0.0757. The quantitative estimate of drug-likeness (QED) is 0.557. The molecule has 0 spiro atoms. The third kappa shape index (κ3) is 3.81. The maximum atomic E-state index is 12.7. The third-order valence-electron chi connectivity index (χ3n) is 5.06. The molecular formula is C24H23N3O. The summed E-state index contributed by atoms with van der Waals surface area (Å²) < 4.78 is 1.94. The Morgan fingerprint density at radius 1 is 1.00 bits per heavy atom. The number of amides is 1. The molecule has 0 atom stereocenters. The molecule has 1 N–H and O–H groups in total. The number of nitrogens with one attached hydrogen (secondary N) is 1. The molecule has 1 heterocycles. The van der Waals surface area contributed by atoms with Crippen molar-refractivity contribution in [2.75, 3.05) is 0 Å². The first-order chi connectivity index (χ1) is 13.6. The van der Waals surface area contributed by atoms with Crippen molar-refractivity contribution in [1.29, 1.82) is 0 Å². The van der Waals surface area contributed by atoms with Gasteiger partial charge in [0.25, 0.3) is 5.91 Å². The van der Waals surface area contributed by atoms with Gasteiger partial charge in [-0.15, -0.1) is 0 Å². The summed E-state index contributed by atoms with van der Waals surface area (Å²) in [5.74, 6) is -0.0757. The number of rotatable bonds is 5. The number of aromatic nitrogens is 2. The summed E-state index contributed by atoms with van der Waals surface area (Å²) in [4.78, 5) is 12.7. The van der Waals surface area contributed by atoms with Gasteiger partial charge in [-0.2, -0.15) is 5.10 Å². The second-order valence-electron chi connectivity index (χ2n) is 7.17. The van der Waals surface area contributed by atoms with E-state index in [0.717, 1.165) is 16.5 Å². The molecule has 0 saturated carbocycles. The van der Waals surface area contributed by atoms with E-state index in [9.17, 15) is 4.79 Å². The van der Waals surface area contributed by atoms with Crippen molar-refractivity contribution in [3.8, 4) is 0 Å². The van der Waals surface area contributed by atoms with E-state index >= 15 is 0 Å². The van der Waals surface area contributed by atoms with Crippen LogP contribution in [0.5, 0.6) is 0 Å². The Morgan fingerprint density at radius 2 is 1.79 bits per heavy atom. The monoisotopic (exact) mass is 369 g/mol. The van der Waals surface area contributed by atoms with Gasteiger partial charge < -0.3 is 5.32 Å². The molecule has 0 aliphatic rings. The normalized spacial score (nSPS) is 10.9. The van der Waals surface area contributed by atoms with E-state index in [4.69, 9.17) is 0 Å². The predicted octanol–water partition coefficient (Wildman–Crippen LogP) is 4.63. The first-order valence-electron chi connectivity index (χ1n) is 9.44. The standard InChI is InChI=1S/C24H23N3O/c1-17-7-9-19(10-8-17)16-27-23-13-20(11-12-22(23)15-26-27)24(28)25-14-21-6-4-3-5-18(21)2/h3-13,15H,14,16H2,1-2H3,(H,25,28). The highest BCUT2D eigenvalue weighted by molar-refractivity contribution is 5.97. The average Bonchev–Trinajstić information content (AvgIpc) is 3.11. The summed E-state index contributed by atoms with van der Waals surface area (Å²) in [6.45, 7) is 5.33. The lowest BCUT2D eigenvalue weighted by Gasteiger charge is -2.09. The number of aryl methyl sites for hydroxylation is 2. The molecule has 0 bridgehead atoms. The maximum Gasteiger partial charge on any atom is 0.251 e. The smallest absolute Gasteiger partial charge is 0.251 e. The highest BCUT2D eigenvalue weighted by Gasteiger charge is 2.10. The molecule has 0 saturated heterocycles. The molecule has 0 radical (unpaired) electrons. The molecule has 1 aromatic heterocycles. The van der Waals surface area contributed by atoms with Gasteiger partial charge in [-0.05, 0) is 42.7 Å². The minimum Gasteiger partial charge on any atom is -0.348 e. The van der Waals surface area contributed by atoms with Crippen LogP contribution in [0.25, 0.3) is 10.9 Å². The van der Waals surface area contributed by atoms with Gasteiger partial charge in [0.1, 0.15) is 0 Å². The van der Waals surface area contributed by atoms with E-state index in [-0.39, 0.29) is 5.91 Å². The molecule has 28 heavy (non-hydrogen) atoms. The summed E-state index contributed by atoms with van der Waals surface area (Å²) in [6.07, 6.45) is 1.85. The van der Waals surface area contributed by atoms with Gasteiger partial charge in [-0.3, -0.25) is 9.48 Å². The fourth-order valence-corrected chi connectivity index (χ4v) is 3.29. The Balaban J connectivity index is 1.54. The molecule has 4 aromatic rings. The Kier molecular flexibility index (Phi) is 4.94. The van der Waals surface area contributed by atoms with Crippen molar-refractivity contribution in [2.24, 2.45) is 0 Å². The Hall–Kier alpha value is -3.40. The van der Waals surface area contributed by atoms with E-state index in [0.29, 0.717) is 18.7 Å². The van der Waals surface area contributed by atoms with Crippen LogP contribution in [0.2, 0.25) is 0 Å². The third-order valence-corrected chi connectivity index (χ3v) is 5.06. The Morgan fingerprint density at radius 3 is 2.57 bits per heavy atom. The van der Waals surface area contributed by atoms with Crippen LogP contribution in [0.1, 0.15) is 32.6 Å². The van der Waals surface area contributed by atoms with E-state index < -0.39 is 0 Å². The fourth-order valence-electron chi connectivity index (χ4n) is 3.29. The van der Waals surface area contributed by atoms with Crippen LogP contribution in [-0.4, -0.2) is 15.7 Å². The molecule has 0 fully saturated rings. The van der Waals surface area contributed by atoms with Gasteiger partial charge in [0.05, 0.1) is 18.3 Å². The second kappa shape index (κ2) is 7.69. The number of hydrogen-bond donors (Lipinski definition) is 1. The summed E-state index contributed by atoms with van der Waals surface area (Å²) in [5.41, 5.74) is 6.33. The van der Waals surface area contributed by atoms with E-state index in [1.807, 2.05) is 47.3 Å². The molecule has 1 amide bonds. The highest BCUT2D eigenvalue weighted by atomic mass is 16.1. The first-order valence-corrected chi connectivity index (χ1v) is 9.44. The van der Waals surface area contributed by atoms with Gasteiger partial charge in [0, 0.05) is 17.5 Å². The largest absolute Gasteiger partial charge is 0.348 e. The number of nitrogens with zero attached hydrogens (tertiary/aromatic N) is 2. The van der Waals surface area contributed by atoms with Crippen LogP contribution in [0.3, 0.4) is 0 Å². The van der Waals surface area contributed by atoms with Crippen molar-refractivity contribution in [2.45, 2.75) is 26.9 Å². The molecule has 4 nitrogen and oxygen atoms in total. The Labute approximate surface area is 164 Å². The van der Waals surface area contributed by atoms with Crippen molar-refractivity contribution >= 4 is 16.8 Å². The van der Waals surface area contributed by atoms with Gasteiger partial charge in [0.15, 0.2) is 0 Å². The van der Waals surface area contributed by atoms with E-state index in [2.05, 4.69) is 54.6 Å². The molecule has 140 valence electrons. The predicted molar refractivity (Wildman–Crippen MR) is 112 cm³/mol. The molecular weight excluding hydrogens is 346 g/mol. The number of carbonyl (C=O) groups excluding carboxylic acids is 1. The molecule has 0 unspecified atom stereocenters. The van der Waals surface area contributed by atoms with Crippen LogP contribution in [0.15, 0.2) is 72.9 Å². The van der Waals surface area contributed by atoms with Crippen molar-refractivity contribution in [1.82, 2.24) is 15.1 Å². The summed E-state index contributed by atoms with van der Waals surface area (Å²) in [5, 5.41) is 8.55. The average molecular weight is 369 g/mol. The zero-order valence-corrected chi connectivity index (χ0v) is 16.1. The molecule has 0 aliphatic carbocycles. The summed E-state index contributed by atoms with van der Waals surface area (Å²) >= 11 is 0. The molecule has 0 aliphatic heterocycles. The molecule has 3 aromatic carbocycles. The molecule has 4 heteroatoms. The van der Waals surface area contributed by atoms with Gasteiger partial charge in [0.2, 0.25) is 0 Å². The Bertz CT molecular complexity index is 1130. The highest BCUT2D eigenvalue weighted by Crippen LogP contribution is 2.18. The number of hydrogen-bond acceptors (Lipinski definition) is 2. The zero-order chi connectivity index (χ0) is 19.5. The summed E-state index contributed by atoms with van der Waals surface area (Å²) in [6, 6.07) is 22.2.